The average Bonchev–Trinajstić information content (AvgIpc) is 2.94. The van der Waals surface area contributed by atoms with E-state index in [1.165, 1.54) is 24.3 Å². The fraction of sp³-hybridized carbons (Fsp3) is 0.152. The van der Waals surface area contributed by atoms with Crippen molar-refractivity contribution >= 4 is 16.9 Å². The summed E-state index contributed by atoms with van der Waals surface area (Å²) in [5.41, 5.74) is 1.50. The molecule has 0 bridgehead atoms. The molecule has 1 aromatic heterocycles. The Balaban J connectivity index is 1.44. The number of rotatable bonds is 5. The van der Waals surface area contributed by atoms with E-state index in [-0.39, 0.29) is 27.9 Å². The van der Waals surface area contributed by atoms with E-state index in [9.17, 15) is 22.8 Å². The molecule has 0 unspecified atom stereocenters. The summed E-state index contributed by atoms with van der Waals surface area (Å²) < 4.78 is 57.9. The lowest BCUT2D eigenvalue weighted by Gasteiger charge is -2.18. The first kappa shape index (κ1) is 27.7. The molecule has 0 aliphatic carbocycles. The van der Waals surface area contributed by atoms with Crippen LogP contribution < -0.4 is 14.9 Å². The van der Waals surface area contributed by atoms with Crippen LogP contribution in [-0.4, -0.2) is 5.97 Å². The molecule has 0 atom stereocenters. The van der Waals surface area contributed by atoms with E-state index in [1.807, 2.05) is 63.2 Å². The van der Waals surface area contributed by atoms with Crippen LogP contribution in [-0.2, 0) is 11.6 Å². The topological polar surface area (TPSA) is 65.7 Å². The smallest absolute Gasteiger partial charge is 0.449 e. The zero-order valence-electron chi connectivity index (χ0n) is 22.4. The number of alkyl halides is 3. The Hall–Kier alpha value is -4.85. The Morgan fingerprint density at radius 1 is 0.756 bits per heavy atom. The Morgan fingerprint density at radius 3 is 1.98 bits per heavy atom. The molecule has 208 valence electrons. The number of carbonyl (C=O) groups excluding carboxylic acids is 1. The highest BCUT2D eigenvalue weighted by molar-refractivity contribution is 5.91. The van der Waals surface area contributed by atoms with Gasteiger partial charge in [-0.1, -0.05) is 75.4 Å². The third-order valence-corrected chi connectivity index (χ3v) is 6.46. The number of hydrogen-bond acceptors (Lipinski definition) is 5. The number of halogens is 3. The highest BCUT2D eigenvalue weighted by Crippen LogP contribution is 2.39. The van der Waals surface area contributed by atoms with E-state index in [1.54, 1.807) is 24.3 Å². The summed E-state index contributed by atoms with van der Waals surface area (Å²) in [6, 6.07) is 26.2. The summed E-state index contributed by atoms with van der Waals surface area (Å²) in [4.78, 5) is 25.8. The Bertz CT molecular complexity index is 1760. The van der Waals surface area contributed by atoms with Crippen molar-refractivity contribution in [3.63, 3.8) is 0 Å². The van der Waals surface area contributed by atoms with Crippen molar-refractivity contribution in [1.29, 1.82) is 0 Å². The van der Waals surface area contributed by atoms with Crippen molar-refractivity contribution in [2.24, 2.45) is 0 Å². The molecule has 0 saturated heterocycles. The van der Waals surface area contributed by atoms with Gasteiger partial charge in [-0.05, 0) is 58.5 Å². The van der Waals surface area contributed by atoms with E-state index in [0.717, 1.165) is 22.8 Å². The van der Waals surface area contributed by atoms with Gasteiger partial charge < -0.3 is 13.9 Å². The van der Waals surface area contributed by atoms with E-state index in [4.69, 9.17) is 13.9 Å². The summed E-state index contributed by atoms with van der Waals surface area (Å²) in [7, 11) is 0. The Kier molecular flexibility index (Phi) is 7.17. The van der Waals surface area contributed by atoms with Gasteiger partial charge in [0.2, 0.25) is 11.2 Å². The lowest BCUT2D eigenvalue weighted by Crippen LogP contribution is -2.16. The van der Waals surface area contributed by atoms with E-state index < -0.39 is 34.7 Å². The average molecular weight is 559 g/mol. The second-order valence-electron chi connectivity index (χ2n) is 10.5. The van der Waals surface area contributed by atoms with Crippen molar-refractivity contribution in [1.82, 2.24) is 0 Å². The highest BCUT2D eigenvalue weighted by atomic mass is 19.4. The molecule has 0 radical (unpaired) electrons. The molecule has 8 heteroatoms. The van der Waals surface area contributed by atoms with Crippen LogP contribution in [0.15, 0.2) is 106 Å². The number of benzene rings is 4. The van der Waals surface area contributed by atoms with Gasteiger partial charge in [0, 0.05) is 6.07 Å². The molecule has 0 fully saturated rings. The predicted octanol–water partition coefficient (Wildman–Crippen LogP) is 8.79. The lowest BCUT2D eigenvalue weighted by atomic mass is 9.87. The van der Waals surface area contributed by atoms with Crippen LogP contribution in [0, 0.1) is 0 Å². The van der Waals surface area contributed by atoms with Crippen LogP contribution in [0.5, 0.6) is 17.2 Å². The molecule has 5 rings (SSSR count). The first-order chi connectivity index (χ1) is 19.4. The first-order valence-corrected chi connectivity index (χ1v) is 12.7. The molecule has 0 saturated carbocycles. The number of fused-ring (bicyclic) bond motifs is 1. The van der Waals surface area contributed by atoms with Crippen LogP contribution >= 0.6 is 0 Å². The molecule has 0 aliphatic heterocycles. The standard InChI is InChI=1S/C33H25F3O5/c1-32(2,3)23-13-9-22(10-14-23)31(38)40-25-17-18-26-27(19-25)41-30(33(34,35)36)29(28(26)37)39-24-15-11-21(12-16-24)20-7-5-4-6-8-20/h4-19H,1-3H3. The zero-order valence-corrected chi connectivity index (χ0v) is 22.4. The third kappa shape index (κ3) is 6.01. The van der Waals surface area contributed by atoms with Gasteiger partial charge in [-0.3, -0.25) is 4.79 Å². The fourth-order valence-electron chi connectivity index (χ4n) is 4.24. The molecule has 4 aromatic carbocycles. The summed E-state index contributed by atoms with van der Waals surface area (Å²) in [5.74, 6) is -3.33. The second-order valence-corrected chi connectivity index (χ2v) is 10.5. The van der Waals surface area contributed by atoms with Gasteiger partial charge >= 0.3 is 12.1 Å². The van der Waals surface area contributed by atoms with Crippen molar-refractivity contribution in [2.45, 2.75) is 32.4 Å². The van der Waals surface area contributed by atoms with Gasteiger partial charge in [0.05, 0.1) is 10.9 Å². The largest absolute Gasteiger partial charge is 0.453 e. The van der Waals surface area contributed by atoms with Gasteiger partial charge in [-0.2, -0.15) is 13.2 Å². The summed E-state index contributed by atoms with van der Waals surface area (Å²) >= 11 is 0. The zero-order chi connectivity index (χ0) is 29.4. The maximum atomic E-state index is 14.0. The molecular weight excluding hydrogens is 533 g/mol. The van der Waals surface area contributed by atoms with Crippen molar-refractivity contribution in [2.75, 3.05) is 0 Å². The van der Waals surface area contributed by atoms with Crippen LogP contribution in [0.4, 0.5) is 13.2 Å². The molecule has 0 amide bonds. The summed E-state index contributed by atoms with van der Waals surface area (Å²) in [5, 5.41) is -0.164. The van der Waals surface area contributed by atoms with E-state index >= 15 is 0 Å². The maximum absolute atomic E-state index is 14.0. The fourth-order valence-corrected chi connectivity index (χ4v) is 4.24. The molecule has 5 aromatic rings. The SMILES string of the molecule is CC(C)(C)c1ccc(C(=O)Oc2ccc3c(=O)c(Oc4ccc(-c5ccccc5)cc4)c(C(F)(F)F)oc3c2)cc1. The summed E-state index contributed by atoms with van der Waals surface area (Å²) in [6.07, 6.45) is -5.03. The predicted molar refractivity (Wildman–Crippen MR) is 150 cm³/mol. The van der Waals surface area contributed by atoms with Crippen LogP contribution in [0.25, 0.3) is 22.1 Å². The van der Waals surface area contributed by atoms with Crippen LogP contribution in [0.3, 0.4) is 0 Å². The highest BCUT2D eigenvalue weighted by Gasteiger charge is 2.40. The second kappa shape index (κ2) is 10.6. The molecule has 0 aliphatic rings. The third-order valence-electron chi connectivity index (χ3n) is 6.46. The van der Waals surface area contributed by atoms with Gasteiger partial charge in [0.1, 0.15) is 17.1 Å². The maximum Gasteiger partial charge on any atom is 0.453 e. The number of hydrogen-bond donors (Lipinski definition) is 0. The number of carbonyl (C=O) groups is 1. The molecular formula is C33H25F3O5. The van der Waals surface area contributed by atoms with Gasteiger partial charge in [0.15, 0.2) is 0 Å². The minimum atomic E-state index is -5.03. The van der Waals surface area contributed by atoms with E-state index in [0.29, 0.717) is 0 Å². The summed E-state index contributed by atoms with van der Waals surface area (Å²) in [6.45, 7) is 6.11. The molecule has 0 N–H and O–H groups in total. The Labute approximate surface area is 233 Å². The molecule has 5 nitrogen and oxygen atoms in total. The van der Waals surface area contributed by atoms with Crippen LogP contribution in [0.1, 0.15) is 42.5 Å². The number of esters is 1. The Morgan fingerprint density at radius 2 is 1.37 bits per heavy atom. The quantitative estimate of drug-likeness (QED) is 0.159. The van der Waals surface area contributed by atoms with Crippen LogP contribution in [0.2, 0.25) is 0 Å². The van der Waals surface area contributed by atoms with Crippen molar-refractivity contribution in [3.8, 4) is 28.4 Å². The van der Waals surface area contributed by atoms with Gasteiger partial charge in [-0.25, -0.2) is 4.79 Å². The first-order valence-electron chi connectivity index (χ1n) is 12.7. The van der Waals surface area contributed by atoms with Crippen molar-refractivity contribution < 1.29 is 31.9 Å². The monoisotopic (exact) mass is 558 g/mol. The van der Waals surface area contributed by atoms with E-state index in [2.05, 4.69) is 0 Å². The van der Waals surface area contributed by atoms with Crippen molar-refractivity contribution in [3.05, 3.63) is 124 Å². The lowest BCUT2D eigenvalue weighted by molar-refractivity contribution is -0.154. The minimum Gasteiger partial charge on any atom is -0.449 e. The molecule has 1 heterocycles. The number of ether oxygens (including phenoxy) is 2. The molecule has 41 heavy (non-hydrogen) atoms. The minimum absolute atomic E-state index is 0.0323. The molecule has 0 spiro atoms. The van der Waals surface area contributed by atoms with Gasteiger partial charge in [-0.15, -0.1) is 0 Å². The van der Waals surface area contributed by atoms with Gasteiger partial charge in [0.25, 0.3) is 5.76 Å². The normalized spacial score (nSPS) is 11.9.